The molecule has 0 radical (unpaired) electrons. The number of aromatic nitrogens is 2. The topological polar surface area (TPSA) is 101 Å². The quantitative estimate of drug-likeness (QED) is 0.671. The van der Waals surface area contributed by atoms with Crippen molar-refractivity contribution in [2.75, 3.05) is 0 Å². The summed E-state index contributed by atoms with van der Waals surface area (Å²) in [4.78, 5) is 24.3. The van der Waals surface area contributed by atoms with E-state index < -0.39 is 5.97 Å². The Bertz CT molecular complexity index is 1270. The smallest absolute Gasteiger partial charge is 0.346 e. The SMILES string of the molecule is CC(C)OC(=O)c1c(O)c(=Cc2c[nH]c3ncccc23)oc1=C1C=CC=CC=N1. The number of H-pyrrole nitrogens is 1. The molecule has 1 aliphatic heterocycles. The molecule has 0 aromatic carbocycles. The molecule has 0 amide bonds. The van der Waals surface area contributed by atoms with Gasteiger partial charge in [0, 0.05) is 29.6 Å². The normalized spacial score (nSPS) is 16.0. The van der Waals surface area contributed by atoms with Crippen LogP contribution in [0.15, 0.2) is 58.2 Å². The zero-order valence-electron chi connectivity index (χ0n) is 15.9. The van der Waals surface area contributed by atoms with Crippen LogP contribution in [-0.4, -0.2) is 33.4 Å². The highest BCUT2D eigenvalue weighted by atomic mass is 16.5. The predicted octanol–water partition coefficient (Wildman–Crippen LogP) is 2.56. The summed E-state index contributed by atoms with van der Waals surface area (Å²) in [6.07, 6.45) is 13.4. The van der Waals surface area contributed by atoms with Crippen LogP contribution in [0.4, 0.5) is 0 Å². The van der Waals surface area contributed by atoms with Gasteiger partial charge < -0.3 is 19.2 Å². The van der Waals surface area contributed by atoms with Gasteiger partial charge in [0.25, 0.3) is 0 Å². The molecule has 0 bridgehead atoms. The molecule has 0 saturated heterocycles. The van der Waals surface area contributed by atoms with Gasteiger partial charge in [-0.2, -0.15) is 0 Å². The van der Waals surface area contributed by atoms with Crippen LogP contribution in [0.5, 0.6) is 5.75 Å². The van der Waals surface area contributed by atoms with Crippen molar-refractivity contribution < 1.29 is 19.1 Å². The van der Waals surface area contributed by atoms with Crippen molar-refractivity contribution in [2.24, 2.45) is 4.99 Å². The summed E-state index contributed by atoms with van der Waals surface area (Å²) in [6.45, 7) is 3.48. The number of esters is 1. The molecular weight excluding hydrogens is 370 g/mol. The molecule has 0 saturated carbocycles. The summed E-state index contributed by atoms with van der Waals surface area (Å²) in [5.41, 5.74) is 2.10. The van der Waals surface area contributed by atoms with Gasteiger partial charge >= 0.3 is 5.97 Å². The first-order valence-corrected chi connectivity index (χ1v) is 9.13. The number of carbonyl (C=O) groups excluding carboxylic acids is 1. The van der Waals surface area contributed by atoms with E-state index in [9.17, 15) is 9.90 Å². The molecule has 0 atom stereocenters. The molecule has 0 spiro atoms. The van der Waals surface area contributed by atoms with Crippen LogP contribution in [-0.2, 0) is 4.74 Å². The van der Waals surface area contributed by atoms with Crippen LogP contribution in [0.3, 0.4) is 0 Å². The van der Waals surface area contributed by atoms with Gasteiger partial charge in [-0.15, -0.1) is 0 Å². The number of carbonyl (C=O) groups is 1. The summed E-state index contributed by atoms with van der Waals surface area (Å²) in [5, 5.41) is 11.7. The number of aromatic hydroxyl groups is 1. The lowest BCUT2D eigenvalue weighted by atomic mass is 10.2. The van der Waals surface area contributed by atoms with E-state index >= 15 is 0 Å². The number of fused-ring (bicyclic) bond motifs is 1. The van der Waals surface area contributed by atoms with E-state index in [-0.39, 0.29) is 28.2 Å². The maximum atomic E-state index is 12.7. The second-order valence-electron chi connectivity index (χ2n) is 6.67. The maximum Gasteiger partial charge on any atom is 0.346 e. The molecule has 29 heavy (non-hydrogen) atoms. The number of rotatable bonds is 3. The number of hydrogen-bond donors (Lipinski definition) is 2. The van der Waals surface area contributed by atoms with Crippen LogP contribution in [0.1, 0.15) is 29.8 Å². The van der Waals surface area contributed by atoms with Gasteiger partial charge in [0.2, 0.25) is 0 Å². The van der Waals surface area contributed by atoms with Crippen molar-refractivity contribution in [3.63, 3.8) is 0 Å². The standard InChI is InChI=1S/C22H19N3O4/c1-13(2)28-22(27)18-19(26)17(29-20(18)16-8-4-3-5-9-23-16)11-14-12-25-21-15(14)7-6-10-24-21/h3-13,26H,1-2H3,(H,24,25). The van der Waals surface area contributed by atoms with Gasteiger partial charge in [-0.3, -0.25) is 4.99 Å². The number of aromatic amines is 1. The fraction of sp³-hybridized carbons (Fsp3) is 0.136. The van der Waals surface area contributed by atoms with Crippen LogP contribution in [0.25, 0.3) is 22.8 Å². The van der Waals surface area contributed by atoms with Gasteiger partial charge in [0.05, 0.1) is 6.10 Å². The van der Waals surface area contributed by atoms with E-state index in [2.05, 4.69) is 15.0 Å². The minimum Gasteiger partial charge on any atom is -0.504 e. The number of hydrogen-bond acceptors (Lipinski definition) is 6. The molecule has 3 aromatic heterocycles. The fourth-order valence-corrected chi connectivity index (χ4v) is 2.98. The molecule has 146 valence electrons. The number of allylic oxidation sites excluding steroid dienone is 3. The van der Waals surface area contributed by atoms with Crippen molar-refractivity contribution >= 4 is 35.0 Å². The Morgan fingerprint density at radius 2 is 2.17 bits per heavy atom. The average Bonchev–Trinajstić information content (AvgIpc) is 3.11. The van der Waals surface area contributed by atoms with Crippen LogP contribution < -0.4 is 10.8 Å². The molecule has 7 heteroatoms. The predicted molar refractivity (Wildman–Crippen MR) is 110 cm³/mol. The minimum atomic E-state index is -0.676. The summed E-state index contributed by atoms with van der Waals surface area (Å²) >= 11 is 0. The molecule has 4 rings (SSSR count). The molecule has 0 unspecified atom stereocenters. The van der Waals surface area contributed by atoms with E-state index in [4.69, 9.17) is 9.15 Å². The van der Waals surface area contributed by atoms with E-state index in [1.54, 1.807) is 62.8 Å². The first-order chi connectivity index (χ1) is 14.0. The lowest BCUT2D eigenvalue weighted by molar-refractivity contribution is 0.0372. The number of pyridine rings is 1. The second-order valence-corrected chi connectivity index (χ2v) is 6.67. The Morgan fingerprint density at radius 1 is 1.31 bits per heavy atom. The third-order valence-electron chi connectivity index (χ3n) is 4.23. The first-order valence-electron chi connectivity index (χ1n) is 9.13. The largest absolute Gasteiger partial charge is 0.504 e. The maximum absolute atomic E-state index is 12.7. The minimum absolute atomic E-state index is 0.0541. The average molecular weight is 389 g/mol. The molecule has 0 aliphatic carbocycles. The summed E-state index contributed by atoms with van der Waals surface area (Å²) in [7, 11) is 0. The zero-order valence-corrected chi connectivity index (χ0v) is 15.9. The zero-order chi connectivity index (χ0) is 20.4. The molecule has 0 fully saturated rings. The van der Waals surface area contributed by atoms with E-state index in [1.165, 1.54) is 0 Å². The summed E-state index contributed by atoms with van der Waals surface area (Å²) in [6, 6.07) is 3.72. The summed E-state index contributed by atoms with van der Waals surface area (Å²) in [5.74, 6) is -0.970. The van der Waals surface area contributed by atoms with E-state index in [0.29, 0.717) is 11.3 Å². The van der Waals surface area contributed by atoms with Crippen LogP contribution >= 0.6 is 0 Å². The number of furan rings is 1. The second kappa shape index (κ2) is 7.63. The Kier molecular flexibility index (Phi) is 4.87. The van der Waals surface area contributed by atoms with Gasteiger partial charge in [0.1, 0.15) is 11.3 Å². The van der Waals surface area contributed by atoms with Crippen molar-refractivity contribution in [1.82, 2.24) is 9.97 Å². The highest BCUT2D eigenvalue weighted by molar-refractivity contribution is 5.94. The van der Waals surface area contributed by atoms with Crippen molar-refractivity contribution in [2.45, 2.75) is 20.0 Å². The molecule has 4 heterocycles. The monoisotopic (exact) mass is 389 g/mol. The van der Waals surface area contributed by atoms with Gasteiger partial charge in [-0.1, -0.05) is 12.2 Å². The molecule has 3 aromatic rings. The highest BCUT2D eigenvalue weighted by Crippen LogP contribution is 2.18. The number of ether oxygens (including phenoxy) is 1. The van der Waals surface area contributed by atoms with Crippen molar-refractivity contribution in [1.29, 1.82) is 0 Å². The van der Waals surface area contributed by atoms with Crippen molar-refractivity contribution in [3.05, 3.63) is 70.8 Å². The van der Waals surface area contributed by atoms with Crippen LogP contribution in [0.2, 0.25) is 0 Å². The van der Waals surface area contributed by atoms with Crippen LogP contribution in [0, 0.1) is 0 Å². The Balaban J connectivity index is 1.97. The molecular formula is C22H19N3O4. The highest BCUT2D eigenvalue weighted by Gasteiger charge is 2.23. The fourth-order valence-electron chi connectivity index (χ4n) is 2.98. The molecule has 7 nitrogen and oxygen atoms in total. The lowest BCUT2D eigenvalue weighted by Crippen LogP contribution is -2.19. The molecule has 1 aliphatic rings. The third-order valence-corrected chi connectivity index (χ3v) is 4.23. The summed E-state index contributed by atoms with van der Waals surface area (Å²) < 4.78 is 11.2. The van der Waals surface area contributed by atoms with E-state index in [0.717, 1.165) is 10.9 Å². The Labute approximate surface area is 166 Å². The number of nitrogens with one attached hydrogen (secondary N) is 1. The lowest BCUT2D eigenvalue weighted by Gasteiger charge is -2.06. The van der Waals surface area contributed by atoms with E-state index in [1.807, 2.05) is 12.1 Å². The number of aliphatic imine (C=N–C) groups is 1. The van der Waals surface area contributed by atoms with Gasteiger partial charge in [-0.05, 0) is 44.2 Å². The Morgan fingerprint density at radius 3 is 3.00 bits per heavy atom. The number of nitrogens with zero attached hydrogens (tertiary/aromatic N) is 2. The molecule has 2 N–H and O–H groups in total. The van der Waals surface area contributed by atoms with Crippen molar-refractivity contribution in [3.8, 4) is 5.75 Å². The van der Waals surface area contributed by atoms with Gasteiger partial charge in [-0.25, -0.2) is 9.78 Å². The van der Waals surface area contributed by atoms with Gasteiger partial charge in [0.15, 0.2) is 22.1 Å². The third kappa shape index (κ3) is 3.62. The first kappa shape index (κ1) is 18.5. The Hall–Kier alpha value is -3.87.